The third-order valence-electron chi connectivity index (χ3n) is 3.14. The maximum atomic E-state index is 12.1. The Morgan fingerprint density at radius 3 is 3.10 bits per heavy atom. The molecule has 0 bridgehead atoms. The lowest BCUT2D eigenvalue weighted by atomic mass is 10.1. The first-order valence-corrected chi connectivity index (χ1v) is 7.27. The van der Waals surface area contributed by atoms with E-state index < -0.39 is 16.9 Å². The summed E-state index contributed by atoms with van der Waals surface area (Å²) in [6.07, 6.45) is 2.66. The van der Waals surface area contributed by atoms with Crippen LogP contribution in [0.15, 0.2) is 16.9 Å². The van der Waals surface area contributed by atoms with Crippen molar-refractivity contribution in [2.75, 3.05) is 31.1 Å². The minimum Gasteiger partial charge on any atom is -0.464 e. The highest BCUT2D eigenvalue weighted by molar-refractivity contribution is 9.10. The Balaban J connectivity index is 2.42. The van der Waals surface area contributed by atoms with E-state index in [1.54, 1.807) is 11.8 Å². The normalized spacial score (nSPS) is 18.4. The van der Waals surface area contributed by atoms with Gasteiger partial charge in [-0.05, 0) is 22.9 Å². The van der Waals surface area contributed by atoms with Crippen molar-refractivity contribution in [3.63, 3.8) is 0 Å². The molecule has 0 radical (unpaired) electrons. The van der Waals surface area contributed by atoms with E-state index in [1.165, 1.54) is 12.4 Å². The summed E-state index contributed by atoms with van der Waals surface area (Å²) in [6.45, 7) is 3.46. The largest absolute Gasteiger partial charge is 0.464 e. The van der Waals surface area contributed by atoms with E-state index in [4.69, 9.17) is 4.74 Å². The zero-order valence-corrected chi connectivity index (χ0v) is 13.0. The molecule has 1 fully saturated rings. The fraction of sp³-hybridized carbons (Fsp3) is 0.500. The number of pyridine rings is 1. The lowest BCUT2D eigenvalue weighted by molar-refractivity contribution is -0.384. The lowest BCUT2D eigenvalue weighted by Gasteiger charge is -2.36. The molecule has 8 nitrogen and oxygen atoms in total. The van der Waals surface area contributed by atoms with E-state index in [-0.39, 0.29) is 12.3 Å². The maximum absolute atomic E-state index is 12.1. The Kier molecular flexibility index (Phi) is 5.07. The first-order valence-electron chi connectivity index (χ1n) is 6.48. The molecule has 0 aliphatic carbocycles. The number of piperazine rings is 1. The molecule has 2 heterocycles. The van der Waals surface area contributed by atoms with E-state index >= 15 is 0 Å². The zero-order valence-electron chi connectivity index (χ0n) is 11.4. The molecule has 0 spiro atoms. The van der Waals surface area contributed by atoms with E-state index in [1.807, 2.05) is 0 Å². The summed E-state index contributed by atoms with van der Waals surface area (Å²) in [4.78, 5) is 28.3. The number of carbonyl (C=O) groups is 1. The molecule has 1 aliphatic rings. The summed E-state index contributed by atoms with van der Waals surface area (Å²) in [6, 6.07) is -0.601. The summed E-state index contributed by atoms with van der Waals surface area (Å²) >= 11 is 3.29. The van der Waals surface area contributed by atoms with Gasteiger partial charge in [-0.25, -0.2) is 4.79 Å². The smallest absolute Gasteiger partial charge is 0.330 e. The van der Waals surface area contributed by atoms with Gasteiger partial charge in [-0.1, -0.05) is 0 Å². The first-order chi connectivity index (χ1) is 10.1. The van der Waals surface area contributed by atoms with Crippen LogP contribution in [-0.4, -0.2) is 48.2 Å². The van der Waals surface area contributed by atoms with Gasteiger partial charge >= 0.3 is 11.7 Å². The van der Waals surface area contributed by atoms with Gasteiger partial charge < -0.3 is 15.0 Å². The number of esters is 1. The fourth-order valence-electron chi connectivity index (χ4n) is 2.26. The Hall–Kier alpha value is -1.74. The Bertz CT molecular complexity index is 554. The molecule has 0 aromatic carbocycles. The second-order valence-corrected chi connectivity index (χ2v) is 5.27. The van der Waals surface area contributed by atoms with Crippen molar-refractivity contribution in [2.45, 2.75) is 13.0 Å². The topological polar surface area (TPSA) is 97.6 Å². The van der Waals surface area contributed by atoms with Crippen molar-refractivity contribution < 1.29 is 14.5 Å². The predicted molar refractivity (Wildman–Crippen MR) is 79.2 cm³/mol. The molecule has 1 N–H and O–H groups in total. The third kappa shape index (κ3) is 3.30. The number of rotatable bonds is 4. The Morgan fingerprint density at radius 2 is 2.43 bits per heavy atom. The van der Waals surface area contributed by atoms with Gasteiger partial charge in [0.2, 0.25) is 0 Å². The van der Waals surface area contributed by atoms with Crippen molar-refractivity contribution >= 4 is 33.3 Å². The van der Waals surface area contributed by atoms with Crippen LogP contribution >= 0.6 is 15.9 Å². The molecule has 1 aliphatic heterocycles. The standard InChI is InChI=1S/C12H15BrN4O4/c1-2-21-12(18)10-7-14-3-4-16(10)11-8(13)5-15-6-9(11)17(19)20/h5-6,10,14H,2-4,7H2,1H3. The van der Waals surface area contributed by atoms with E-state index in [2.05, 4.69) is 26.2 Å². The predicted octanol–water partition coefficient (Wildman–Crippen LogP) is 1.09. The fourth-order valence-corrected chi connectivity index (χ4v) is 2.81. The van der Waals surface area contributed by atoms with E-state index in [0.29, 0.717) is 29.8 Å². The number of nitrogens with zero attached hydrogens (tertiary/aromatic N) is 3. The van der Waals surface area contributed by atoms with Gasteiger partial charge in [-0.2, -0.15) is 0 Å². The quantitative estimate of drug-likeness (QED) is 0.488. The average Bonchev–Trinajstić information content (AvgIpc) is 2.47. The van der Waals surface area contributed by atoms with E-state index in [9.17, 15) is 14.9 Å². The van der Waals surface area contributed by atoms with Crippen LogP contribution < -0.4 is 10.2 Å². The van der Waals surface area contributed by atoms with Crippen LogP contribution in [0.1, 0.15) is 6.92 Å². The van der Waals surface area contributed by atoms with Gasteiger partial charge in [0, 0.05) is 25.8 Å². The number of halogens is 1. The molecular weight excluding hydrogens is 344 g/mol. The number of anilines is 1. The molecule has 21 heavy (non-hydrogen) atoms. The van der Waals surface area contributed by atoms with Crippen LogP contribution in [0.4, 0.5) is 11.4 Å². The molecule has 1 atom stereocenters. The summed E-state index contributed by atoms with van der Waals surface area (Å²) in [5, 5.41) is 14.3. The van der Waals surface area contributed by atoms with Gasteiger partial charge in [-0.15, -0.1) is 0 Å². The maximum Gasteiger partial charge on any atom is 0.330 e. The molecule has 1 aromatic rings. The first kappa shape index (κ1) is 15.6. The van der Waals surface area contributed by atoms with Crippen molar-refractivity contribution in [1.82, 2.24) is 10.3 Å². The molecule has 0 saturated carbocycles. The molecule has 2 rings (SSSR count). The third-order valence-corrected chi connectivity index (χ3v) is 3.72. The molecule has 1 unspecified atom stereocenters. The summed E-state index contributed by atoms with van der Waals surface area (Å²) in [5.74, 6) is -0.400. The summed E-state index contributed by atoms with van der Waals surface area (Å²) in [5.41, 5.74) is 0.218. The molecule has 0 amide bonds. The van der Waals surface area contributed by atoms with Crippen LogP contribution in [0, 0.1) is 10.1 Å². The number of nitrogens with one attached hydrogen (secondary N) is 1. The summed E-state index contributed by atoms with van der Waals surface area (Å²) < 4.78 is 5.53. The number of nitro groups is 1. The highest BCUT2D eigenvalue weighted by Gasteiger charge is 2.35. The second kappa shape index (κ2) is 6.81. The number of carbonyl (C=O) groups excluding carboxylic acids is 1. The monoisotopic (exact) mass is 358 g/mol. The van der Waals surface area contributed by atoms with Crippen molar-refractivity contribution in [3.8, 4) is 0 Å². The SMILES string of the molecule is CCOC(=O)C1CNCCN1c1c(Br)cncc1[N+](=O)[O-]. The number of ether oxygens (including phenoxy) is 1. The van der Waals surface area contributed by atoms with Crippen LogP contribution in [0.5, 0.6) is 0 Å². The Morgan fingerprint density at radius 1 is 1.67 bits per heavy atom. The molecule has 1 aromatic heterocycles. The van der Waals surface area contributed by atoms with Crippen molar-refractivity contribution in [3.05, 3.63) is 27.0 Å². The van der Waals surface area contributed by atoms with Crippen LogP contribution in [0.2, 0.25) is 0 Å². The van der Waals surface area contributed by atoms with Crippen LogP contribution in [-0.2, 0) is 9.53 Å². The van der Waals surface area contributed by atoms with E-state index in [0.717, 1.165) is 0 Å². The van der Waals surface area contributed by atoms with Gasteiger partial charge in [0.05, 0.1) is 16.0 Å². The van der Waals surface area contributed by atoms with Crippen LogP contribution in [0.3, 0.4) is 0 Å². The highest BCUT2D eigenvalue weighted by atomic mass is 79.9. The highest BCUT2D eigenvalue weighted by Crippen LogP contribution is 2.36. The number of hydrogen-bond acceptors (Lipinski definition) is 7. The molecule has 9 heteroatoms. The number of aromatic nitrogens is 1. The Labute approximate surface area is 129 Å². The molecule has 114 valence electrons. The van der Waals surface area contributed by atoms with Crippen molar-refractivity contribution in [1.29, 1.82) is 0 Å². The average molecular weight is 359 g/mol. The van der Waals surface area contributed by atoms with Gasteiger partial charge in [0.15, 0.2) is 0 Å². The minimum absolute atomic E-state index is 0.138. The lowest BCUT2D eigenvalue weighted by Crippen LogP contribution is -2.56. The minimum atomic E-state index is -0.601. The van der Waals surface area contributed by atoms with Gasteiger partial charge in [-0.3, -0.25) is 15.1 Å². The zero-order chi connectivity index (χ0) is 15.4. The van der Waals surface area contributed by atoms with Gasteiger partial charge in [0.25, 0.3) is 0 Å². The number of hydrogen-bond donors (Lipinski definition) is 1. The summed E-state index contributed by atoms with van der Waals surface area (Å²) in [7, 11) is 0. The second-order valence-electron chi connectivity index (χ2n) is 4.41. The molecular formula is C12H15BrN4O4. The molecule has 1 saturated heterocycles. The van der Waals surface area contributed by atoms with Crippen molar-refractivity contribution in [2.24, 2.45) is 0 Å². The van der Waals surface area contributed by atoms with Crippen LogP contribution in [0.25, 0.3) is 0 Å². The van der Waals surface area contributed by atoms with Gasteiger partial charge in [0.1, 0.15) is 17.9 Å².